The highest BCUT2D eigenvalue weighted by Gasteiger charge is 2.46. The number of ether oxygens (including phenoxy) is 1. The molecule has 5 aromatic rings. The standard InChI is InChI=1S/C48H56N8O6/c1-27-19-39(55(25-27)45(57)41(31-7-5-8-31)53-47(59)62-4)43-50-24-38(52-43)36-18-17-34-21-33(15-16-35(34)22-36)29-11-13-30(14-12-29)37-23-49-44(51-37)40-20-28(2)26-56(40)46(58)42(32-9-6-10-32)54(3)48(60)61/h11-18,21-24,27-28,31-32,39-42H,5-10,19-20,25-26H2,1-4H3,(H,49,51)(H,50,52)(H,53,59)(H,60,61)/t27-,28-,39-,40-,41-,42-/m0/s1. The Bertz CT molecular complexity index is 2470. The Balaban J connectivity index is 0.880. The quantitative estimate of drug-likeness (QED) is 0.102. The fourth-order valence-corrected chi connectivity index (χ4v) is 10.1. The molecule has 0 unspecified atom stereocenters. The minimum atomic E-state index is -1.08. The van der Waals surface area contributed by atoms with Crippen molar-refractivity contribution in [3.8, 4) is 33.6 Å². The second-order valence-electron chi connectivity index (χ2n) is 18.2. The molecule has 2 aliphatic carbocycles. The summed E-state index contributed by atoms with van der Waals surface area (Å²) >= 11 is 0. The third-order valence-corrected chi connectivity index (χ3v) is 14.0. The zero-order valence-electron chi connectivity index (χ0n) is 35.8. The van der Waals surface area contributed by atoms with Gasteiger partial charge in [-0.25, -0.2) is 19.6 Å². The number of methoxy groups -OCH3 is 1. The Morgan fingerprint density at radius 1 is 0.726 bits per heavy atom. The van der Waals surface area contributed by atoms with Crippen molar-refractivity contribution >= 4 is 34.8 Å². The minimum absolute atomic E-state index is 0.0513. The third kappa shape index (κ3) is 7.91. The topological polar surface area (TPSA) is 177 Å². The van der Waals surface area contributed by atoms with E-state index >= 15 is 0 Å². The van der Waals surface area contributed by atoms with Crippen LogP contribution in [0.25, 0.3) is 44.4 Å². The van der Waals surface area contributed by atoms with Crippen LogP contribution in [0.2, 0.25) is 0 Å². The van der Waals surface area contributed by atoms with Crippen LogP contribution in [-0.4, -0.2) is 103 Å². The number of rotatable bonds is 11. The van der Waals surface area contributed by atoms with Gasteiger partial charge in [-0.05, 0) is 102 Å². The number of amides is 4. The van der Waals surface area contributed by atoms with Gasteiger partial charge in [0.25, 0.3) is 0 Å². The molecule has 9 rings (SSSR count). The van der Waals surface area contributed by atoms with Crippen molar-refractivity contribution in [3.63, 3.8) is 0 Å². The van der Waals surface area contributed by atoms with Crippen molar-refractivity contribution in [1.82, 2.24) is 40.0 Å². The SMILES string of the molecule is COC(=O)N[C@H](C(=O)N1C[C@@H](C)C[C@H]1c1ncc(-c2ccc3cc(-c4ccc(-c5cnc([C@@H]6C[C@H](C)CN6C(=O)[C@H](C6CCC6)N(C)C(=O)O)[nH]5)cc4)ccc3c2)[nH]1)C1CCC1. The Hall–Kier alpha value is -6.18. The first-order valence-electron chi connectivity index (χ1n) is 22.1. The lowest BCUT2D eigenvalue weighted by atomic mass is 9.78. The van der Waals surface area contributed by atoms with Gasteiger partial charge in [0.05, 0.1) is 43.0 Å². The van der Waals surface area contributed by atoms with E-state index in [1.165, 1.54) is 19.1 Å². The highest BCUT2D eigenvalue weighted by atomic mass is 16.5. The monoisotopic (exact) mass is 840 g/mol. The Morgan fingerprint density at radius 3 is 1.76 bits per heavy atom. The molecule has 0 spiro atoms. The van der Waals surface area contributed by atoms with Gasteiger partial charge in [0, 0.05) is 25.7 Å². The van der Waals surface area contributed by atoms with Crippen molar-refractivity contribution < 1.29 is 29.0 Å². The molecule has 14 heteroatoms. The second kappa shape index (κ2) is 16.9. The number of hydrogen-bond donors (Lipinski definition) is 4. The van der Waals surface area contributed by atoms with E-state index in [-0.39, 0.29) is 41.7 Å². The average Bonchev–Trinajstić information content (AvgIpc) is 4.07. The van der Waals surface area contributed by atoms with Crippen LogP contribution in [0.3, 0.4) is 0 Å². The molecular weight excluding hydrogens is 785 g/mol. The predicted octanol–water partition coefficient (Wildman–Crippen LogP) is 8.41. The van der Waals surface area contributed by atoms with E-state index in [0.29, 0.717) is 19.0 Å². The van der Waals surface area contributed by atoms with Gasteiger partial charge in [-0.15, -0.1) is 0 Å². The maximum absolute atomic E-state index is 14.0. The summed E-state index contributed by atoms with van der Waals surface area (Å²) in [5.74, 6) is 2.00. The lowest BCUT2D eigenvalue weighted by molar-refractivity contribution is -0.140. The first-order valence-corrected chi connectivity index (χ1v) is 22.1. The van der Waals surface area contributed by atoms with E-state index in [4.69, 9.17) is 14.7 Å². The molecule has 4 amide bonds. The second-order valence-corrected chi connectivity index (χ2v) is 18.2. The number of fused-ring (bicyclic) bond motifs is 1. The molecule has 0 radical (unpaired) electrons. The van der Waals surface area contributed by atoms with Crippen molar-refractivity contribution in [2.45, 2.75) is 89.4 Å². The summed E-state index contributed by atoms with van der Waals surface area (Å²) in [4.78, 5) is 73.5. The van der Waals surface area contributed by atoms with Crippen LogP contribution in [0.5, 0.6) is 0 Å². The smallest absolute Gasteiger partial charge is 0.407 e. The third-order valence-electron chi connectivity index (χ3n) is 14.0. The first-order chi connectivity index (χ1) is 29.9. The number of carboxylic acid groups (broad SMARTS) is 1. The number of likely N-dealkylation sites (N-methyl/N-ethyl adjacent to an activating group) is 1. The normalized spacial score (nSPS) is 22.5. The van der Waals surface area contributed by atoms with E-state index < -0.39 is 24.3 Å². The summed E-state index contributed by atoms with van der Waals surface area (Å²) in [6.07, 6.45) is 9.17. The van der Waals surface area contributed by atoms with Crippen LogP contribution in [-0.2, 0) is 14.3 Å². The van der Waals surface area contributed by atoms with Gasteiger partial charge in [-0.1, -0.05) is 75.2 Å². The number of aromatic nitrogens is 4. The molecule has 14 nitrogen and oxygen atoms in total. The summed E-state index contributed by atoms with van der Waals surface area (Å²) in [5, 5.41) is 14.8. The number of carbonyl (C=O) groups excluding carboxylic acids is 3. The molecule has 62 heavy (non-hydrogen) atoms. The number of alkyl carbamates (subject to hydrolysis) is 1. The fraction of sp³-hybridized carbons (Fsp3) is 0.458. The number of aromatic amines is 2. The molecule has 4 fully saturated rings. The summed E-state index contributed by atoms with van der Waals surface area (Å²) in [5.41, 5.74) is 5.89. The lowest BCUT2D eigenvalue weighted by Crippen LogP contribution is -2.54. The molecular formula is C48H56N8O6. The van der Waals surface area contributed by atoms with Gasteiger partial charge in [0.1, 0.15) is 23.7 Å². The maximum atomic E-state index is 14.0. The van der Waals surface area contributed by atoms with Gasteiger partial charge in [-0.2, -0.15) is 0 Å². The van der Waals surface area contributed by atoms with E-state index in [2.05, 4.69) is 89.8 Å². The molecule has 2 aromatic heterocycles. The number of carbonyl (C=O) groups is 4. The summed E-state index contributed by atoms with van der Waals surface area (Å²) in [6, 6.07) is 19.5. The van der Waals surface area contributed by atoms with E-state index in [1.807, 2.05) is 22.2 Å². The largest absolute Gasteiger partial charge is 0.465 e. The van der Waals surface area contributed by atoms with Crippen LogP contribution in [0, 0.1) is 23.7 Å². The molecule has 3 aromatic carbocycles. The van der Waals surface area contributed by atoms with Crippen molar-refractivity contribution in [3.05, 3.63) is 84.7 Å². The number of imidazole rings is 2. The summed E-state index contributed by atoms with van der Waals surface area (Å²) in [7, 11) is 2.83. The number of likely N-dealkylation sites (tertiary alicyclic amines) is 2. The zero-order valence-corrected chi connectivity index (χ0v) is 35.8. The number of H-pyrrole nitrogens is 2. The van der Waals surface area contributed by atoms with Crippen LogP contribution in [0.4, 0.5) is 9.59 Å². The van der Waals surface area contributed by atoms with Crippen LogP contribution in [0.1, 0.15) is 88.9 Å². The van der Waals surface area contributed by atoms with Gasteiger partial charge >= 0.3 is 12.2 Å². The lowest BCUT2D eigenvalue weighted by Gasteiger charge is -2.40. The summed E-state index contributed by atoms with van der Waals surface area (Å²) in [6.45, 7) is 5.45. The Morgan fingerprint density at radius 2 is 1.23 bits per heavy atom. The van der Waals surface area contributed by atoms with Crippen molar-refractivity contribution in [2.75, 3.05) is 27.2 Å². The van der Waals surface area contributed by atoms with Crippen LogP contribution < -0.4 is 5.32 Å². The van der Waals surface area contributed by atoms with E-state index in [0.717, 1.165) is 107 Å². The zero-order chi connectivity index (χ0) is 43.2. The molecule has 324 valence electrons. The van der Waals surface area contributed by atoms with Gasteiger partial charge in [-0.3, -0.25) is 14.5 Å². The molecule has 2 saturated heterocycles. The maximum Gasteiger partial charge on any atom is 0.407 e. The number of hydrogen-bond acceptors (Lipinski definition) is 7. The molecule has 4 heterocycles. The average molecular weight is 841 g/mol. The molecule has 4 aliphatic rings. The van der Waals surface area contributed by atoms with Gasteiger partial charge in [0.15, 0.2) is 0 Å². The van der Waals surface area contributed by atoms with Crippen molar-refractivity contribution in [1.29, 1.82) is 0 Å². The van der Waals surface area contributed by atoms with E-state index in [9.17, 15) is 24.3 Å². The number of nitrogens with zero attached hydrogens (tertiary/aromatic N) is 5. The summed E-state index contributed by atoms with van der Waals surface area (Å²) < 4.78 is 4.86. The fourth-order valence-electron chi connectivity index (χ4n) is 10.1. The molecule has 6 atom stereocenters. The number of nitrogens with one attached hydrogen (secondary N) is 3. The Kier molecular flexibility index (Phi) is 11.3. The predicted molar refractivity (Wildman–Crippen MR) is 235 cm³/mol. The molecule has 4 N–H and O–H groups in total. The van der Waals surface area contributed by atoms with Crippen LogP contribution >= 0.6 is 0 Å². The van der Waals surface area contributed by atoms with Gasteiger partial charge in [0.2, 0.25) is 11.8 Å². The highest BCUT2D eigenvalue weighted by molar-refractivity contribution is 5.91. The Labute approximate surface area is 361 Å². The van der Waals surface area contributed by atoms with E-state index in [1.54, 1.807) is 0 Å². The first kappa shape index (κ1) is 41.2. The van der Waals surface area contributed by atoms with Crippen LogP contribution in [0.15, 0.2) is 73.1 Å². The van der Waals surface area contributed by atoms with Gasteiger partial charge < -0.3 is 34.9 Å². The highest BCUT2D eigenvalue weighted by Crippen LogP contribution is 2.41. The number of benzene rings is 3. The molecule has 0 bridgehead atoms. The molecule has 2 aliphatic heterocycles. The molecule has 2 saturated carbocycles. The minimum Gasteiger partial charge on any atom is -0.465 e. The van der Waals surface area contributed by atoms with Crippen molar-refractivity contribution in [2.24, 2.45) is 23.7 Å².